The van der Waals surface area contributed by atoms with Crippen LogP contribution in [0.2, 0.25) is 0 Å². The maximum atomic E-state index is 12.2. The van der Waals surface area contributed by atoms with Crippen molar-refractivity contribution in [1.82, 2.24) is 10.3 Å². The van der Waals surface area contributed by atoms with Gasteiger partial charge in [0.25, 0.3) is 0 Å². The summed E-state index contributed by atoms with van der Waals surface area (Å²) < 4.78 is 0. The number of nitrogens with zero attached hydrogens (tertiary/aromatic N) is 1. The van der Waals surface area contributed by atoms with Gasteiger partial charge in [0.2, 0.25) is 11.8 Å². The van der Waals surface area contributed by atoms with Gasteiger partial charge in [-0.1, -0.05) is 18.2 Å². The summed E-state index contributed by atoms with van der Waals surface area (Å²) in [6.07, 6.45) is 1.60. The van der Waals surface area contributed by atoms with Gasteiger partial charge in [-0.3, -0.25) is 9.59 Å². The minimum absolute atomic E-state index is 0.00737. The smallest absolute Gasteiger partial charge is 0.227 e. The van der Waals surface area contributed by atoms with E-state index >= 15 is 0 Å². The molecule has 1 aromatic carbocycles. The van der Waals surface area contributed by atoms with Crippen molar-refractivity contribution in [2.75, 3.05) is 5.32 Å². The minimum atomic E-state index is -0.151. The number of aromatic nitrogens is 1. The SMILES string of the molecule is Cc1nc(-c2ccc(CNC(=O)CCC3Cc4ccccc4NC3=O)s2)cs1. The van der Waals surface area contributed by atoms with Gasteiger partial charge in [0.15, 0.2) is 0 Å². The molecule has 1 atom stereocenters. The van der Waals surface area contributed by atoms with Crippen LogP contribution in [-0.2, 0) is 22.6 Å². The molecule has 0 spiro atoms. The number of aryl methyl sites for hydroxylation is 1. The largest absolute Gasteiger partial charge is 0.351 e. The number of thiazole rings is 1. The Morgan fingerprint density at radius 1 is 1.29 bits per heavy atom. The van der Waals surface area contributed by atoms with Gasteiger partial charge in [-0.25, -0.2) is 4.98 Å². The Balaban J connectivity index is 1.26. The number of hydrogen-bond donors (Lipinski definition) is 2. The van der Waals surface area contributed by atoms with E-state index in [-0.39, 0.29) is 17.7 Å². The van der Waals surface area contributed by atoms with Gasteiger partial charge in [-0.15, -0.1) is 22.7 Å². The average Bonchev–Trinajstić information content (AvgIpc) is 3.33. The van der Waals surface area contributed by atoms with Gasteiger partial charge in [-0.2, -0.15) is 0 Å². The fraction of sp³-hybridized carbons (Fsp3) is 0.286. The number of para-hydroxylation sites is 1. The zero-order valence-electron chi connectivity index (χ0n) is 15.5. The van der Waals surface area contributed by atoms with Crippen LogP contribution >= 0.6 is 22.7 Å². The molecule has 2 aromatic heterocycles. The molecule has 3 heterocycles. The standard InChI is InChI=1S/C21H21N3O2S2/c1-13-23-18(12-27-13)19-8-7-16(28-19)11-22-20(25)9-6-15-10-14-4-2-3-5-17(14)24-21(15)26/h2-5,7-8,12,15H,6,9-11H2,1H3,(H,22,25)(H,24,26). The second-order valence-electron chi connectivity index (χ2n) is 6.88. The normalized spacial score (nSPS) is 15.8. The number of thiophene rings is 1. The molecule has 3 aromatic rings. The van der Waals surface area contributed by atoms with E-state index in [1.807, 2.05) is 43.3 Å². The lowest BCUT2D eigenvalue weighted by molar-refractivity contribution is -0.122. The van der Waals surface area contributed by atoms with E-state index in [1.54, 1.807) is 22.7 Å². The maximum absolute atomic E-state index is 12.2. The third kappa shape index (κ3) is 4.31. The molecular formula is C21H21N3O2S2. The first-order valence-electron chi connectivity index (χ1n) is 9.25. The van der Waals surface area contributed by atoms with Crippen molar-refractivity contribution in [3.05, 3.63) is 57.2 Å². The molecule has 1 aliphatic heterocycles. The lowest BCUT2D eigenvalue weighted by Crippen LogP contribution is -2.31. The number of carbonyl (C=O) groups excluding carboxylic acids is 2. The predicted octanol–water partition coefficient (Wildman–Crippen LogP) is 4.39. The molecule has 1 aliphatic rings. The highest BCUT2D eigenvalue weighted by atomic mass is 32.1. The summed E-state index contributed by atoms with van der Waals surface area (Å²) in [6.45, 7) is 2.50. The number of hydrogen-bond acceptors (Lipinski definition) is 5. The lowest BCUT2D eigenvalue weighted by Gasteiger charge is -2.24. The summed E-state index contributed by atoms with van der Waals surface area (Å²) in [6, 6.07) is 11.9. The highest BCUT2D eigenvalue weighted by Crippen LogP contribution is 2.29. The number of nitrogens with one attached hydrogen (secondary N) is 2. The average molecular weight is 412 g/mol. The Labute approximate surface area is 171 Å². The molecule has 28 heavy (non-hydrogen) atoms. The quantitative estimate of drug-likeness (QED) is 0.632. The molecule has 0 radical (unpaired) electrons. The van der Waals surface area contributed by atoms with Gasteiger partial charge in [-0.05, 0) is 43.5 Å². The molecule has 0 saturated heterocycles. The van der Waals surface area contributed by atoms with Crippen LogP contribution in [-0.4, -0.2) is 16.8 Å². The molecule has 5 nitrogen and oxygen atoms in total. The molecule has 144 valence electrons. The first-order chi connectivity index (χ1) is 13.6. The Kier molecular flexibility index (Phi) is 5.54. The van der Waals surface area contributed by atoms with E-state index in [0.717, 1.165) is 31.7 Å². The Morgan fingerprint density at radius 3 is 2.96 bits per heavy atom. The lowest BCUT2D eigenvalue weighted by atomic mass is 9.89. The zero-order valence-corrected chi connectivity index (χ0v) is 17.2. The minimum Gasteiger partial charge on any atom is -0.351 e. The molecule has 0 fully saturated rings. The summed E-state index contributed by atoms with van der Waals surface area (Å²) >= 11 is 3.28. The first-order valence-corrected chi connectivity index (χ1v) is 10.9. The summed E-state index contributed by atoms with van der Waals surface area (Å²) in [4.78, 5) is 31.2. The predicted molar refractivity (Wildman–Crippen MR) is 114 cm³/mol. The topological polar surface area (TPSA) is 71.1 Å². The number of anilines is 1. The molecule has 0 bridgehead atoms. The van der Waals surface area contributed by atoms with Gasteiger partial charge in [0.1, 0.15) is 0 Å². The van der Waals surface area contributed by atoms with E-state index in [4.69, 9.17) is 0 Å². The van der Waals surface area contributed by atoms with E-state index in [2.05, 4.69) is 21.0 Å². The third-order valence-electron chi connectivity index (χ3n) is 4.83. The molecule has 0 aliphatic carbocycles. The van der Waals surface area contributed by atoms with Crippen LogP contribution < -0.4 is 10.6 Å². The van der Waals surface area contributed by atoms with E-state index in [1.165, 1.54) is 0 Å². The first kappa shape index (κ1) is 18.8. The third-order valence-corrected chi connectivity index (χ3v) is 6.71. The second kappa shape index (κ2) is 8.24. The van der Waals surface area contributed by atoms with E-state index in [9.17, 15) is 9.59 Å². The van der Waals surface area contributed by atoms with Crippen molar-refractivity contribution in [3.8, 4) is 10.6 Å². The van der Waals surface area contributed by atoms with Gasteiger partial charge in [0, 0.05) is 28.3 Å². The number of fused-ring (bicyclic) bond motifs is 1. The summed E-state index contributed by atoms with van der Waals surface area (Å²) in [5.74, 6) is -0.166. The molecular weight excluding hydrogens is 390 g/mol. The Hall–Kier alpha value is -2.51. The molecule has 2 amide bonds. The van der Waals surface area contributed by atoms with Gasteiger partial charge in [0.05, 0.1) is 22.1 Å². The number of rotatable bonds is 6. The molecule has 7 heteroatoms. The maximum Gasteiger partial charge on any atom is 0.227 e. The second-order valence-corrected chi connectivity index (χ2v) is 9.11. The van der Waals surface area contributed by atoms with Crippen LogP contribution in [0.15, 0.2) is 41.8 Å². The zero-order chi connectivity index (χ0) is 19.5. The van der Waals surface area contributed by atoms with E-state index in [0.29, 0.717) is 25.8 Å². The number of benzene rings is 1. The summed E-state index contributed by atoms with van der Waals surface area (Å²) in [5.41, 5.74) is 3.02. The monoisotopic (exact) mass is 411 g/mol. The van der Waals surface area contributed by atoms with Crippen molar-refractivity contribution in [2.45, 2.75) is 32.7 Å². The fourth-order valence-corrected chi connectivity index (χ4v) is 4.91. The van der Waals surface area contributed by atoms with Crippen LogP contribution in [0.3, 0.4) is 0 Å². The van der Waals surface area contributed by atoms with Crippen LogP contribution in [0.4, 0.5) is 5.69 Å². The van der Waals surface area contributed by atoms with Crippen molar-refractivity contribution >= 4 is 40.2 Å². The Bertz CT molecular complexity index is 1010. The van der Waals surface area contributed by atoms with Crippen molar-refractivity contribution in [1.29, 1.82) is 0 Å². The van der Waals surface area contributed by atoms with Gasteiger partial charge < -0.3 is 10.6 Å². The molecule has 1 unspecified atom stereocenters. The van der Waals surface area contributed by atoms with Crippen molar-refractivity contribution < 1.29 is 9.59 Å². The number of amides is 2. The van der Waals surface area contributed by atoms with Crippen LogP contribution in [0.1, 0.15) is 28.3 Å². The fourth-order valence-electron chi connectivity index (χ4n) is 3.31. The molecule has 2 N–H and O–H groups in total. The highest BCUT2D eigenvalue weighted by Gasteiger charge is 2.26. The Morgan fingerprint density at radius 2 is 2.14 bits per heavy atom. The summed E-state index contributed by atoms with van der Waals surface area (Å²) in [5, 5.41) is 9.00. The number of carbonyl (C=O) groups is 2. The van der Waals surface area contributed by atoms with Crippen molar-refractivity contribution in [3.63, 3.8) is 0 Å². The highest BCUT2D eigenvalue weighted by molar-refractivity contribution is 7.16. The van der Waals surface area contributed by atoms with Crippen LogP contribution in [0.5, 0.6) is 0 Å². The van der Waals surface area contributed by atoms with E-state index < -0.39 is 0 Å². The van der Waals surface area contributed by atoms with Crippen molar-refractivity contribution in [2.24, 2.45) is 5.92 Å². The summed E-state index contributed by atoms with van der Waals surface area (Å²) in [7, 11) is 0. The van der Waals surface area contributed by atoms with Gasteiger partial charge >= 0.3 is 0 Å². The molecule has 4 rings (SSSR count). The molecule has 0 saturated carbocycles. The van der Waals surface area contributed by atoms with Crippen LogP contribution in [0, 0.1) is 12.8 Å². The van der Waals surface area contributed by atoms with Crippen LogP contribution in [0.25, 0.3) is 10.6 Å².